The SMILES string of the molecule is FC(F)(F)c1ccc(N(c2ccc(-c3ccc4c(c3)c3ccccc3n4-c3ccc(-c4c5ccccc5c(-c5ccccc5)c5ccccc45)cc3)cc2)c2ccc(C(F)(F)F)cc2)cc1. The van der Waals surface area contributed by atoms with Crippen LogP contribution < -0.4 is 4.90 Å². The van der Waals surface area contributed by atoms with Crippen LogP contribution in [-0.2, 0) is 12.4 Å². The smallest absolute Gasteiger partial charge is 0.311 e. The van der Waals surface area contributed by atoms with Gasteiger partial charge in [-0.05, 0) is 146 Å². The van der Waals surface area contributed by atoms with Crippen molar-refractivity contribution in [2.45, 2.75) is 12.4 Å². The quantitative estimate of drug-likeness (QED) is 0.114. The fourth-order valence-corrected chi connectivity index (χ4v) is 9.41. The Morgan fingerprint density at radius 1 is 0.303 bits per heavy atom. The Balaban J connectivity index is 0.966. The number of anilines is 3. The van der Waals surface area contributed by atoms with Gasteiger partial charge in [-0.1, -0.05) is 127 Å². The zero-order chi connectivity index (χ0) is 45.2. The molecule has 0 spiro atoms. The fourth-order valence-electron chi connectivity index (χ4n) is 9.41. The highest BCUT2D eigenvalue weighted by atomic mass is 19.4. The van der Waals surface area contributed by atoms with Crippen LogP contribution in [0.5, 0.6) is 0 Å². The van der Waals surface area contributed by atoms with E-state index in [4.69, 9.17) is 0 Å². The van der Waals surface area contributed by atoms with Gasteiger partial charge in [0.15, 0.2) is 0 Å². The van der Waals surface area contributed by atoms with Crippen molar-refractivity contribution in [3.8, 4) is 39.1 Å². The first-order valence-corrected chi connectivity index (χ1v) is 21.4. The van der Waals surface area contributed by atoms with E-state index in [1.54, 1.807) is 4.90 Å². The van der Waals surface area contributed by atoms with Crippen LogP contribution in [0.3, 0.4) is 0 Å². The van der Waals surface area contributed by atoms with Crippen LogP contribution in [0.2, 0.25) is 0 Å². The van der Waals surface area contributed by atoms with Gasteiger partial charge in [0, 0.05) is 33.5 Å². The molecule has 0 saturated carbocycles. The molecule has 1 aromatic heterocycles. The third-order valence-electron chi connectivity index (χ3n) is 12.4. The van der Waals surface area contributed by atoms with Crippen molar-refractivity contribution in [2.75, 3.05) is 4.90 Å². The minimum Gasteiger partial charge on any atom is -0.311 e. The Bertz CT molecular complexity index is 3460. The second-order valence-corrected chi connectivity index (χ2v) is 16.3. The molecular formula is C58H36F6N2. The van der Waals surface area contributed by atoms with Gasteiger partial charge >= 0.3 is 12.4 Å². The summed E-state index contributed by atoms with van der Waals surface area (Å²) in [6.07, 6.45) is -9.08. The topological polar surface area (TPSA) is 8.17 Å². The number of alkyl halides is 6. The van der Waals surface area contributed by atoms with E-state index in [1.807, 2.05) is 42.5 Å². The number of hydrogen-bond donors (Lipinski definition) is 0. The molecule has 0 bridgehead atoms. The number of benzene rings is 10. The lowest BCUT2D eigenvalue weighted by molar-refractivity contribution is -0.138. The van der Waals surface area contributed by atoms with Gasteiger partial charge in [0.25, 0.3) is 0 Å². The van der Waals surface area contributed by atoms with Crippen molar-refractivity contribution >= 4 is 60.4 Å². The zero-order valence-corrected chi connectivity index (χ0v) is 34.9. The normalized spacial score (nSPS) is 12.1. The molecule has 0 N–H and O–H groups in total. The van der Waals surface area contributed by atoms with Crippen LogP contribution in [0.1, 0.15) is 11.1 Å². The third-order valence-corrected chi connectivity index (χ3v) is 12.4. The predicted molar refractivity (Wildman–Crippen MR) is 257 cm³/mol. The highest BCUT2D eigenvalue weighted by Gasteiger charge is 2.32. The first kappa shape index (κ1) is 40.7. The number of fused-ring (bicyclic) bond motifs is 5. The number of halogens is 6. The Labute approximate surface area is 375 Å². The van der Waals surface area contributed by atoms with Crippen LogP contribution in [0.4, 0.5) is 43.4 Å². The molecule has 0 radical (unpaired) electrons. The Morgan fingerprint density at radius 3 is 1.17 bits per heavy atom. The number of aromatic nitrogens is 1. The van der Waals surface area contributed by atoms with Crippen molar-refractivity contribution < 1.29 is 26.3 Å². The van der Waals surface area contributed by atoms with Crippen LogP contribution in [0.25, 0.3) is 82.4 Å². The van der Waals surface area contributed by atoms with E-state index in [0.29, 0.717) is 17.1 Å². The molecule has 0 aliphatic carbocycles. The van der Waals surface area contributed by atoms with Gasteiger partial charge in [0.05, 0.1) is 22.2 Å². The average molecular weight is 875 g/mol. The average Bonchev–Trinajstić information content (AvgIpc) is 3.67. The summed E-state index contributed by atoms with van der Waals surface area (Å²) >= 11 is 0. The van der Waals surface area contributed by atoms with Gasteiger partial charge < -0.3 is 9.47 Å². The lowest BCUT2D eigenvalue weighted by Crippen LogP contribution is -2.12. The lowest BCUT2D eigenvalue weighted by atomic mass is 9.86. The molecule has 8 heteroatoms. The molecule has 0 amide bonds. The molecule has 11 rings (SSSR count). The first-order valence-electron chi connectivity index (χ1n) is 21.4. The number of para-hydroxylation sites is 1. The summed E-state index contributed by atoms with van der Waals surface area (Å²) in [6, 6.07) is 67.9. The molecule has 0 saturated heterocycles. The maximum Gasteiger partial charge on any atom is 0.416 e. The number of nitrogens with zero attached hydrogens (tertiary/aromatic N) is 2. The molecule has 1 heterocycles. The van der Waals surface area contributed by atoms with Gasteiger partial charge in [-0.2, -0.15) is 26.3 Å². The molecule has 0 unspecified atom stereocenters. The Morgan fingerprint density at radius 2 is 0.682 bits per heavy atom. The molecule has 2 nitrogen and oxygen atoms in total. The standard InChI is InChI=1S/C58H36F6N2/c59-57(60,61)41-23-31-44(32-24-41)65(45-33-25-42(26-34-45)58(62,63)64)43-27-18-37(19-28-43)40-22-35-54-52(36-40)47-12-8-9-17-53(47)66(54)46-29-20-39(21-30-46)56-50-15-6-4-13-48(50)55(38-10-2-1-3-11-38)49-14-5-7-16-51(49)56/h1-36H. The molecule has 10 aromatic carbocycles. The molecule has 0 aliphatic rings. The monoisotopic (exact) mass is 874 g/mol. The van der Waals surface area contributed by atoms with Gasteiger partial charge in [-0.3, -0.25) is 0 Å². The van der Waals surface area contributed by atoms with E-state index in [2.05, 4.69) is 132 Å². The van der Waals surface area contributed by atoms with E-state index in [9.17, 15) is 26.3 Å². The summed E-state index contributed by atoms with van der Waals surface area (Å²) in [5.41, 5.74) is 9.28. The molecule has 320 valence electrons. The summed E-state index contributed by atoms with van der Waals surface area (Å²) in [7, 11) is 0. The maximum absolute atomic E-state index is 13.5. The van der Waals surface area contributed by atoms with Crippen LogP contribution in [0, 0.1) is 0 Å². The van der Waals surface area contributed by atoms with E-state index >= 15 is 0 Å². The molecule has 66 heavy (non-hydrogen) atoms. The van der Waals surface area contributed by atoms with Gasteiger partial charge in [0.1, 0.15) is 0 Å². The summed E-state index contributed by atoms with van der Waals surface area (Å²) in [5, 5.41) is 6.91. The Kier molecular flexibility index (Phi) is 9.77. The van der Waals surface area contributed by atoms with Crippen LogP contribution in [-0.4, -0.2) is 4.57 Å². The predicted octanol–water partition coefficient (Wildman–Crippen LogP) is 17.6. The fraction of sp³-hybridized carbons (Fsp3) is 0.0345. The van der Waals surface area contributed by atoms with Crippen LogP contribution >= 0.6 is 0 Å². The first-order chi connectivity index (χ1) is 32.0. The summed E-state index contributed by atoms with van der Waals surface area (Å²) < 4.78 is 83.2. The summed E-state index contributed by atoms with van der Waals surface area (Å²) in [6.45, 7) is 0. The summed E-state index contributed by atoms with van der Waals surface area (Å²) in [4.78, 5) is 1.64. The van der Waals surface area contributed by atoms with Crippen molar-refractivity contribution in [3.05, 3.63) is 230 Å². The number of hydrogen-bond acceptors (Lipinski definition) is 1. The van der Waals surface area contributed by atoms with E-state index in [1.165, 1.54) is 62.5 Å². The maximum atomic E-state index is 13.5. The second-order valence-electron chi connectivity index (χ2n) is 16.3. The van der Waals surface area contributed by atoms with Crippen molar-refractivity contribution in [1.29, 1.82) is 0 Å². The third kappa shape index (κ3) is 7.11. The molecule has 11 aromatic rings. The lowest BCUT2D eigenvalue weighted by Gasteiger charge is -2.26. The molecule has 0 fully saturated rings. The van der Waals surface area contributed by atoms with Crippen molar-refractivity contribution in [3.63, 3.8) is 0 Å². The highest BCUT2D eigenvalue weighted by Crippen LogP contribution is 2.45. The highest BCUT2D eigenvalue weighted by molar-refractivity contribution is 6.21. The minimum absolute atomic E-state index is 0.362. The van der Waals surface area contributed by atoms with E-state index in [0.717, 1.165) is 68.4 Å². The van der Waals surface area contributed by atoms with E-state index in [-0.39, 0.29) is 0 Å². The van der Waals surface area contributed by atoms with Crippen LogP contribution in [0.15, 0.2) is 218 Å². The summed E-state index contributed by atoms with van der Waals surface area (Å²) in [5.74, 6) is 0. The number of rotatable bonds is 7. The van der Waals surface area contributed by atoms with Crippen molar-refractivity contribution in [2.24, 2.45) is 0 Å². The second kappa shape index (κ2) is 15.9. The molecular weight excluding hydrogens is 839 g/mol. The molecule has 0 aliphatic heterocycles. The van der Waals surface area contributed by atoms with Gasteiger partial charge in [-0.25, -0.2) is 0 Å². The molecule has 0 atom stereocenters. The largest absolute Gasteiger partial charge is 0.416 e. The zero-order valence-electron chi connectivity index (χ0n) is 34.9. The minimum atomic E-state index is -4.54. The van der Waals surface area contributed by atoms with Gasteiger partial charge in [0.2, 0.25) is 0 Å². The van der Waals surface area contributed by atoms with Crippen molar-refractivity contribution in [1.82, 2.24) is 4.57 Å². The Hall–Kier alpha value is -8.10. The van der Waals surface area contributed by atoms with E-state index < -0.39 is 23.5 Å². The van der Waals surface area contributed by atoms with Gasteiger partial charge in [-0.15, -0.1) is 0 Å².